The third kappa shape index (κ3) is 4.98. The number of nitrogen functional groups attached to an aromatic ring is 2. The molecule has 0 atom stereocenters. The molecule has 3 aromatic rings. The highest BCUT2D eigenvalue weighted by Gasteiger charge is 2.14. The topological polar surface area (TPSA) is 155 Å². The minimum Gasteiger partial charge on any atom is -0.399 e. The molecule has 0 aliphatic heterocycles. The Morgan fingerprint density at radius 1 is 1.03 bits per heavy atom. The Labute approximate surface area is 168 Å². The summed E-state index contributed by atoms with van der Waals surface area (Å²) in [6.45, 7) is 0. The van der Waals surface area contributed by atoms with E-state index >= 15 is 0 Å². The van der Waals surface area contributed by atoms with E-state index in [2.05, 4.69) is 25.9 Å². The predicted octanol–water partition coefficient (Wildman–Crippen LogP) is 2.94. The van der Waals surface area contributed by atoms with E-state index in [1.807, 2.05) is 12.1 Å². The minimum atomic E-state index is -0.371. The van der Waals surface area contributed by atoms with Crippen LogP contribution in [0.15, 0.2) is 54.9 Å². The van der Waals surface area contributed by atoms with Crippen molar-refractivity contribution in [3.63, 3.8) is 0 Å². The van der Waals surface area contributed by atoms with Crippen LogP contribution in [0.5, 0.6) is 0 Å². The van der Waals surface area contributed by atoms with Gasteiger partial charge >= 0.3 is 6.03 Å². The molecule has 0 fully saturated rings. The highest BCUT2D eigenvalue weighted by Crippen LogP contribution is 2.20. The molecule has 0 aliphatic rings. The Balaban J connectivity index is 1.63. The molecule has 0 spiro atoms. The van der Waals surface area contributed by atoms with Crippen molar-refractivity contribution in [1.29, 1.82) is 5.41 Å². The van der Waals surface area contributed by atoms with Crippen LogP contribution >= 0.6 is 0 Å². The van der Waals surface area contributed by atoms with Crippen molar-refractivity contribution in [2.24, 2.45) is 0 Å². The van der Waals surface area contributed by atoms with Gasteiger partial charge in [0, 0.05) is 30.5 Å². The summed E-state index contributed by atoms with van der Waals surface area (Å²) in [6, 6.07) is 13.8. The zero-order chi connectivity index (χ0) is 20.8. The van der Waals surface area contributed by atoms with E-state index in [1.54, 1.807) is 43.4 Å². The van der Waals surface area contributed by atoms with Gasteiger partial charge in [-0.25, -0.2) is 14.8 Å². The Kier molecular flexibility index (Phi) is 5.88. The number of aromatic nitrogens is 2. The summed E-state index contributed by atoms with van der Waals surface area (Å²) in [4.78, 5) is 20.2. The summed E-state index contributed by atoms with van der Waals surface area (Å²) in [7, 11) is 1.72. The lowest BCUT2D eigenvalue weighted by molar-refractivity contribution is 0.262. The summed E-state index contributed by atoms with van der Waals surface area (Å²) in [5.74, 6) is 0.768. The lowest BCUT2D eigenvalue weighted by atomic mass is 10.0. The normalized spacial score (nSPS) is 10.2. The van der Waals surface area contributed by atoms with E-state index in [1.165, 1.54) is 6.33 Å². The number of hydrogen-bond donors (Lipinski definition) is 6. The fraction of sp³-hybridized carbons (Fsp3) is 0.100. The zero-order valence-corrected chi connectivity index (χ0v) is 15.9. The van der Waals surface area contributed by atoms with Gasteiger partial charge in [-0.3, -0.25) is 0 Å². The Bertz CT molecular complexity index is 1030. The number of rotatable bonds is 6. The number of nitrogens with one attached hydrogen (secondary N) is 4. The summed E-state index contributed by atoms with van der Waals surface area (Å²) in [5.41, 5.74) is 15.1. The molecule has 2 amide bonds. The molecule has 9 nitrogen and oxygen atoms in total. The molecule has 29 heavy (non-hydrogen) atoms. The molecule has 0 saturated heterocycles. The first-order chi connectivity index (χ1) is 14.0. The van der Waals surface area contributed by atoms with E-state index < -0.39 is 0 Å². The van der Waals surface area contributed by atoms with E-state index in [0.717, 1.165) is 5.56 Å². The van der Waals surface area contributed by atoms with Crippen molar-refractivity contribution in [2.75, 3.05) is 34.5 Å². The van der Waals surface area contributed by atoms with Gasteiger partial charge in [-0.05, 0) is 35.9 Å². The highest BCUT2D eigenvalue weighted by atomic mass is 16.2. The van der Waals surface area contributed by atoms with Gasteiger partial charge in [0.15, 0.2) is 0 Å². The molecule has 0 saturated carbocycles. The first-order valence-electron chi connectivity index (χ1n) is 8.84. The fourth-order valence-electron chi connectivity index (χ4n) is 2.79. The molecular weight excluding hydrogens is 368 g/mol. The van der Waals surface area contributed by atoms with Gasteiger partial charge in [0.1, 0.15) is 18.0 Å². The van der Waals surface area contributed by atoms with Crippen molar-refractivity contribution >= 4 is 40.4 Å². The highest BCUT2D eigenvalue weighted by molar-refractivity contribution is 6.07. The number of benzene rings is 2. The Morgan fingerprint density at radius 3 is 2.45 bits per heavy atom. The van der Waals surface area contributed by atoms with Crippen molar-refractivity contribution in [3.05, 3.63) is 66.0 Å². The van der Waals surface area contributed by atoms with Crippen LogP contribution in [0.3, 0.4) is 0 Å². The van der Waals surface area contributed by atoms with Gasteiger partial charge in [0.2, 0.25) is 0 Å². The van der Waals surface area contributed by atoms with E-state index in [4.69, 9.17) is 16.9 Å². The molecule has 0 aliphatic carbocycles. The molecule has 2 aromatic carbocycles. The number of carbonyl (C=O) groups is 1. The van der Waals surface area contributed by atoms with Crippen molar-refractivity contribution in [1.82, 2.24) is 9.97 Å². The second kappa shape index (κ2) is 8.70. The number of nitrogens with zero attached hydrogens (tertiary/aromatic N) is 2. The average Bonchev–Trinajstić information content (AvgIpc) is 2.69. The average molecular weight is 390 g/mol. The van der Waals surface area contributed by atoms with Crippen LogP contribution in [-0.2, 0) is 6.42 Å². The minimum absolute atomic E-state index is 0.255. The van der Waals surface area contributed by atoms with E-state index in [-0.39, 0.29) is 11.8 Å². The molecule has 1 aromatic heterocycles. The Morgan fingerprint density at radius 2 is 1.76 bits per heavy atom. The van der Waals surface area contributed by atoms with Crippen molar-refractivity contribution in [3.8, 4) is 0 Å². The zero-order valence-electron chi connectivity index (χ0n) is 15.9. The van der Waals surface area contributed by atoms with Crippen LogP contribution < -0.4 is 27.4 Å². The summed E-state index contributed by atoms with van der Waals surface area (Å²) >= 11 is 0. The molecule has 1 heterocycles. The molecule has 0 unspecified atom stereocenters. The number of urea groups is 1. The van der Waals surface area contributed by atoms with Crippen LogP contribution in [0.2, 0.25) is 0 Å². The molecule has 9 heteroatoms. The molecule has 148 valence electrons. The Hall–Kier alpha value is -4.14. The SMILES string of the molecule is CNc1ncnc(N)c1C(=N)Cc1ccc(NC(=O)Nc2cccc(N)c2)cc1. The third-order valence-electron chi connectivity index (χ3n) is 4.15. The smallest absolute Gasteiger partial charge is 0.323 e. The molecular formula is C20H22N8O. The first kappa shape index (κ1) is 19.6. The maximum atomic E-state index is 12.1. The first-order valence-corrected chi connectivity index (χ1v) is 8.84. The van der Waals surface area contributed by atoms with Gasteiger partial charge in [0.25, 0.3) is 0 Å². The van der Waals surface area contributed by atoms with Crippen LogP contribution in [-0.4, -0.2) is 28.8 Å². The van der Waals surface area contributed by atoms with Crippen molar-refractivity contribution in [2.45, 2.75) is 6.42 Å². The summed E-state index contributed by atoms with van der Waals surface area (Å²) in [5, 5.41) is 16.8. The number of nitrogens with two attached hydrogens (primary N) is 2. The van der Waals surface area contributed by atoms with Gasteiger partial charge in [0.05, 0.1) is 11.3 Å². The lowest BCUT2D eigenvalue weighted by Gasteiger charge is -2.12. The standard InChI is InChI=1S/C20H22N8O/c1-24-19-17(18(23)25-11-26-19)16(22)9-12-5-7-14(8-6-12)27-20(29)28-15-4-2-3-13(21)10-15/h2-8,10-11,22H,9,21H2,1H3,(H2,27,28,29)(H3,23,24,25,26). The molecule has 0 bridgehead atoms. The second-order valence-corrected chi connectivity index (χ2v) is 6.29. The van der Waals surface area contributed by atoms with E-state index in [0.29, 0.717) is 40.6 Å². The number of carbonyl (C=O) groups excluding carboxylic acids is 1. The van der Waals surface area contributed by atoms with Crippen LogP contribution in [0.1, 0.15) is 11.1 Å². The second-order valence-electron chi connectivity index (χ2n) is 6.29. The van der Waals surface area contributed by atoms with Crippen molar-refractivity contribution < 1.29 is 4.79 Å². The quantitative estimate of drug-likeness (QED) is 0.281. The van der Waals surface area contributed by atoms with Gasteiger partial charge < -0.3 is 32.8 Å². The largest absolute Gasteiger partial charge is 0.399 e. The van der Waals surface area contributed by atoms with Crippen LogP contribution in [0, 0.1) is 5.41 Å². The monoisotopic (exact) mass is 390 g/mol. The van der Waals surface area contributed by atoms with Crippen LogP contribution in [0.25, 0.3) is 0 Å². The maximum Gasteiger partial charge on any atom is 0.323 e. The van der Waals surface area contributed by atoms with E-state index in [9.17, 15) is 4.79 Å². The maximum absolute atomic E-state index is 12.1. The number of anilines is 5. The fourth-order valence-corrected chi connectivity index (χ4v) is 2.79. The molecule has 8 N–H and O–H groups in total. The number of hydrogen-bond acceptors (Lipinski definition) is 7. The lowest BCUT2D eigenvalue weighted by Crippen LogP contribution is -2.19. The molecule has 3 rings (SSSR count). The number of amides is 2. The van der Waals surface area contributed by atoms with Crippen LogP contribution in [0.4, 0.5) is 33.5 Å². The summed E-state index contributed by atoms with van der Waals surface area (Å²) in [6.07, 6.45) is 1.70. The predicted molar refractivity (Wildman–Crippen MR) is 116 cm³/mol. The molecule has 0 radical (unpaired) electrons. The third-order valence-corrected chi connectivity index (χ3v) is 4.15. The summed E-state index contributed by atoms with van der Waals surface area (Å²) < 4.78 is 0. The van der Waals surface area contributed by atoms with Gasteiger partial charge in [-0.15, -0.1) is 0 Å². The van der Waals surface area contributed by atoms with Gasteiger partial charge in [-0.1, -0.05) is 18.2 Å². The van der Waals surface area contributed by atoms with Gasteiger partial charge in [-0.2, -0.15) is 0 Å².